The molecule has 26 heavy (non-hydrogen) atoms. The third-order valence-corrected chi connectivity index (χ3v) is 5.85. The number of Topliss-reactive ketones (excluding diaryl/α,β-unsaturated/α-hetero) is 1. The molecule has 4 heteroatoms. The molecule has 0 spiro atoms. The monoisotopic (exact) mass is 348 g/mol. The fraction of sp³-hybridized carbons (Fsp3) is 0.364. The molecule has 0 unspecified atom stereocenters. The molecule has 1 amide bonds. The average Bonchev–Trinajstić information content (AvgIpc) is 3.23. The largest absolute Gasteiger partial charge is 0.331 e. The third-order valence-electron chi connectivity index (χ3n) is 5.85. The summed E-state index contributed by atoms with van der Waals surface area (Å²) in [7, 11) is 0. The molecule has 2 aromatic carbocycles. The summed E-state index contributed by atoms with van der Waals surface area (Å²) in [5.74, 6) is 0.934. The Balaban J connectivity index is 1.72. The van der Waals surface area contributed by atoms with Crippen LogP contribution < -0.4 is 5.32 Å². The van der Waals surface area contributed by atoms with E-state index in [4.69, 9.17) is 0 Å². The highest BCUT2D eigenvalue weighted by molar-refractivity contribution is 5.99. The number of benzene rings is 2. The Labute approximate surface area is 154 Å². The van der Waals surface area contributed by atoms with Crippen LogP contribution in [0, 0.1) is 18.8 Å². The maximum atomic E-state index is 13.3. The number of fused-ring (bicyclic) bond motifs is 1. The molecule has 3 atom stereocenters. The van der Waals surface area contributed by atoms with E-state index in [1.807, 2.05) is 17.0 Å². The Hall–Kier alpha value is -2.46. The number of aryl methyl sites for hydroxylation is 1. The molecule has 0 radical (unpaired) electrons. The fourth-order valence-electron chi connectivity index (χ4n) is 4.48. The summed E-state index contributed by atoms with van der Waals surface area (Å²) in [4.78, 5) is 27.1. The standard InChI is InChI=1S/C22H24N2O2/c1-14-6-3-4-9-19(14)21-20-12-23-11-18(20)13-24(21)22(26)17-8-5-7-16(10-17)15(2)25/h3-10,18,20-21,23H,11-13H2,1-2H3/t18-,20-,21+/m0/s1. The predicted molar refractivity (Wildman–Crippen MR) is 101 cm³/mol. The first-order valence-corrected chi connectivity index (χ1v) is 9.24. The van der Waals surface area contributed by atoms with E-state index in [0.29, 0.717) is 23.0 Å². The molecule has 4 nitrogen and oxygen atoms in total. The van der Waals surface area contributed by atoms with Gasteiger partial charge in [-0.05, 0) is 43.0 Å². The summed E-state index contributed by atoms with van der Waals surface area (Å²) in [5.41, 5.74) is 3.65. The van der Waals surface area contributed by atoms with Crippen LogP contribution in [0.25, 0.3) is 0 Å². The Morgan fingerprint density at radius 1 is 1.04 bits per heavy atom. The highest BCUT2D eigenvalue weighted by Gasteiger charge is 2.47. The van der Waals surface area contributed by atoms with Crippen LogP contribution in [0.4, 0.5) is 0 Å². The van der Waals surface area contributed by atoms with E-state index in [2.05, 4.69) is 30.4 Å². The van der Waals surface area contributed by atoms with E-state index < -0.39 is 0 Å². The van der Waals surface area contributed by atoms with E-state index in [1.54, 1.807) is 18.2 Å². The number of rotatable bonds is 3. The van der Waals surface area contributed by atoms with Crippen LogP contribution in [0.15, 0.2) is 48.5 Å². The van der Waals surface area contributed by atoms with Gasteiger partial charge in [-0.15, -0.1) is 0 Å². The number of likely N-dealkylation sites (tertiary alicyclic amines) is 1. The summed E-state index contributed by atoms with van der Waals surface area (Å²) >= 11 is 0. The van der Waals surface area contributed by atoms with Crippen LogP contribution in [-0.2, 0) is 0 Å². The van der Waals surface area contributed by atoms with Crippen molar-refractivity contribution in [3.8, 4) is 0 Å². The second-order valence-electron chi connectivity index (χ2n) is 7.48. The SMILES string of the molecule is CC(=O)c1cccc(C(=O)N2C[C@@H]3CNC[C@@H]3[C@H]2c2ccccc2C)c1. The Morgan fingerprint density at radius 2 is 1.81 bits per heavy atom. The molecule has 1 N–H and O–H groups in total. The smallest absolute Gasteiger partial charge is 0.254 e. The molecule has 2 aliphatic rings. The van der Waals surface area contributed by atoms with Crippen molar-refractivity contribution in [3.63, 3.8) is 0 Å². The van der Waals surface area contributed by atoms with Crippen LogP contribution in [0.1, 0.15) is 44.8 Å². The van der Waals surface area contributed by atoms with Crippen molar-refractivity contribution in [2.24, 2.45) is 11.8 Å². The molecule has 0 saturated carbocycles. The van der Waals surface area contributed by atoms with Gasteiger partial charge in [-0.2, -0.15) is 0 Å². The van der Waals surface area contributed by atoms with Crippen LogP contribution in [0.5, 0.6) is 0 Å². The van der Waals surface area contributed by atoms with Gasteiger partial charge in [-0.25, -0.2) is 0 Å². The number of hydrogen-bond donors (Lipinski definition) is 1. The van der Waals surface area contributed by atoms with E-state index in [1.165, 1.54) is 18.1 Å². The zero-order valence-electron chi connectivity index (χ0n) is 15.2. The highest BCUT2D eigenvalue weighted by atomic mass is 16.2. The summed E-state index contributed by atoms with van der Waals surface area (Å²) in [5, 5.41) is 3.48. The molecule has 4 rings (SSSR count). The molecule has 2 saturated heterocycles. The van der Waals surface area contributed by atoms with Crippen molar-refractivity contribution in [1.82, 2.24) is 10.2 Å². The van der Waals surface area contributed by atoms with Crippen molar-refractivity contribution in [2.45, 2.75) is 19.9 Å². The first kappa shape index (κ1) is 17.0. The lowest BCUT2D eigenvalue weighted by atomic mass is 9.87. The zero-order chi connectivity index (χ0) is 18.3. The van der Waals surface area contributed by atoms with Gasteiger partial charge in [0.15, 0.2) is 5.78 Å². The fourth-order valence-corrected chi connectivity index (χ4v) is 4.48. The predicted octanol–water partition coefficient (Wildman–Crippen LogP) is 3.23. The maximum absolute atomic E-state index is 13.3. The Kier molecular flexibility index (Phi) is 4.37. The van der Waals surface area contributed by atoms with E-state index in [0.717, 1.165) is 19.6 Å². The van der Waals surface area contributed by atoms with E-state index >= 15 is 0 Å². The highest BCUT2D eigenvalue weighted by Crippen LogP contribution is 2.44. The Bertz CT molecular complexity index is 861. The van der Waals surface area contributed by atoms with E-state index in [-0.39, 0.29) is 17.7 Å². The van der Waals surface area contributed by atoms with E-state index in [9.17, 15) is 9.59 Å². The van der Waals surface area contributed by atoms with Crippen LogP contribution in [-0.4, -0.2) is 36.2 Å². The number of carbonyl (C=O) groups excluding carboxylic acids is 2. The molecular formula is C22H24N2O2. The van der Waals surface area contributed by atoms with Crippen LogP contribution in [0.2, 0.25) is 0 Å². The van der Waals surface area contributed by atoms with Gasteiger partial charge in [0.1, 0.15) is 0 Å². The lowest BCUT2D eigenvalue weighted by Crippen LogP contribution is -2.35. The van der Waals surface area contributed by atoms with Gasteiger partial charge >= 0.3 is 0 Å². The summed E-state index contributed by atoms with van der Waals surface area (Å²) in [6, 6.07) is 15.5. The van der Waals surface area contributed by atoms with Gasteiger partial charge in [0.2, 0.25) is 0 Å². The molecule has 2 aromatic rings. The number of hydrogen-bond acceptors (Lipinski definition) is 3. The normalized spacial score (nSPS) is 24.5. The zero-order valence-corrected chi connectivity index (χ0v) is 15.2. The maximum Gasteiger partial charge on any atom is 0.254 e. The first-order valence-electron chi connectivity index (χ1n) is 9.24. The summed E-state index contributed by atoms with van der Waals surface area (Å²) < 4.78 is 0. The Morgan fingerprint density at radius 3 is 2.58 bits per heavy atom. The van der Waals surface area contributed by atoms with Gasteiger partial charge in [-0.3, -0.25) is 9.59 Å². The number of ketones is 1. The molecule has 2 aliphatic heterocycles. The minimum absolute atomic E-state index is 0.0161. The minimum atomic E-state index is -0.0161. The molecule has 0 aromatic heterocycles. The quantitative estimate of drug-likeness (QED) is 0.867. The van der Waals surface area contributed by atoms with Gasteiger partial charge in [0.05, 0.1) is 6.04 Å². The third kappa shape index (κ3) is 2.84. The first-order chi connectivity index (χ1) is 12.6. The summed E-state index contributed by atoms with van der Waals surface area (Å²) in [6.45, 7) is 6.32. The minimum Gasteiger partial charge on any atom is -0.331 e. The lowest BCUT2D eigenvalue weighted by Gasteiger charge is -2.29. The van der Waals surface area contributed by atoms with Gasteiger partial charge in [0, 0.05) is 36.7 Å². The lowest BCUT2D eigenvalue weighted by molar-refractivity contribution is 0.0713. The molecule has 2 heterocycles. The molecule has 0 aliphatic carbocycles. The van der Waals surface area contributed by atoms with Crippen molar-refractivity contribution < 1.29 is 9.59 Å². The average molecular weight is 348 g/mol. The second kappa shape index (κ2) is 6.69. The van der Waals surface area contributed by atoms with Crippen molar-refractivity contribution >= 4 is 11.7 Å². The second-order valence-corrected chi connectivity index (χ2v) is 7.48. The molecular weight excluding hydrogens is 324 g/mol. The van der Waals surface area contributed by atoms with Crippen LogP contribution in [0.3, 0.4) is 0 Å². The van der Waals surface area contributed by atoms with Crippen molar-refractivity contribution in [1.29, 1.82) is 0 Å². The number of nitrogens with zero attached hydrogens (tertiary/aromatic N) is 1. The van der Waals surface area contributed by atoms with Crippen molar-refractivity contribution in [2.75, 3.05) is 19.6 Å². The van der Waals surface area contributed by atoms with Gasteiger partial charge in [-0.1, -0.05) is 36.4 Å². The summed E-state index contributed by atoms with van der Waals surface area (Å²) in [6.07, 6.45) is 0. The number of amides is 1. The molecule has 2 fully saturated rings. The topological polar surface area (TPSA) is 49.4 Å². The molecule has 134 valence electrons. The number of nitrogens with one attached hydrogen (secondary N) is 1. The molecule has 0 bridgehead atoms. The van der Waals surface area contributed by atoms with Gasteiger partial charge < -0.3 is 10.2 Å². The van der Waals surface area contributed by atoms with Crippen molar-refractivity contribution in [3.05, 3.63) is 70.8 Å². The number of carbonyl (C=O) groups is 2. The van der Waals surface area contributed by atoms with Gasteiger partial charge in [0.25, 0.3) is 5.91 Å². The van der Waals surface area contributed by atoms with Crippen LogP contribution >= 0.6 is 0 Å².